The number of nitrogens with zero attached hydrogens (tertiary/aromatic N) is 1. The van der Waals surface area contributed by atoms with Crippen LogP contribution in [-0.4, -0.2) is 70.5 Å². The van der Waals surface area contributed by atoms with E-state index in [9.17, 15) is 14.4 Å². The van der Waals surface area contributed by atoms with Crippen LogP contribution >= 0.6 is 0 Å². The predicted molar refractivity (Wildman–Crippen MR) is 163 cm³/mol. The summed E-state index contributed by atoms with van der Waals surface area (Å²) < 4.78 is 20.9. The number of carbonyl (C=O) groups excluding carboxylic acids is 3. The Morgan fingerprint density at radius 2 is 1.51 bits per heavy atom. The normalized spacial score (nSPS) is 16.4. The molecule has 0 aromatic heterocycles. The van der Waals surface area contributed by atoms with Gasteiger partial charge < -0.3 is 29.2 Å². The number of piperidine rings is 1. The van der Waals surface area contributed by atoms with Crippen LogP contribution in [0.2, 0.25) is 0 Å². The molecular formula is C33H41N3O7. The number of anilines is 1. The molecule has 2 aliphatic rings. The maximum absolute atomic E-state index is 12.8. The number of amides is 1. The number of hydrogen-bond acceptors (Lipinski definition) is 9. The third kappa shape index (κ3) is 7.75. The van der Waals surface area contributed by atoms with Gasteiger partial charge in [0.25, 0.3) is 0 Å². The minimum Gasteiger partial charge on any atom is -0.497 e. The first-order chi connectivity index (χ1) is 20.7. The molecule has 0 spiro atoms. The molecule has 0 unspecified atom stereocenters. The van der Waals surface area contributed by atoms with Gasteiger partial charge in [-0.25, -0.2) is 14.4 Å². The van der Waals surface area contributed by atoms with Gasteiger partial charge in [0.15, 0.2) is 0 Å². The zero-order chi connectivity index (χ0) is 30.9. The Morgan fingerprint density at radius 3 is 2.14 bits per heavy atom. The van der Waals surface area contributed by atoms with Gasteiger partial charge in [-0.15, -0.1) is 0 Å². The highest BCUT2D eigenvalue weighted by molar-refractivity contribution is 6.00. The molecule has 2 N–H and O–H groups in total. The van der Waals surface area contributed by atoms with Crippen LogP contribution in [0.4, 0.5) is 10.5 Å². The zero-order valence-electron chi connectivity index (χ0n) is 25.5. The summed E-state index contributed by atoms with van der Waals surface area (Å²) in [4.78, 5) is 40.5. The van der Waals surface area contributed by atoms with Gasteiger partial charge in [0.1, 0.15) is 5.75 Å². The molecule has 0 aliphatic carbocycles. The molecule has 2 aromatic rings. The fourth-order valence-electron chi connectivity index (χ4n) is 5.88. The van der Waals surface area contributed by atoms with Gasteiger partial charge in [0.2, 0.25) is 0 Å². The minimum absolute atomic E-state index is 0.290. The molecule has 4 rings (SSSR count). The first-order valence-electron chi connectivity index (χ1n) is 14.5. The summed E-state index contributed by atoms with van der Waals surface area (Å²) in [5.41, 5.74) is 4.15. The van der Waals surface area contributed by atoms with Gasteiger partial charge in [-0.2, -0.15) is 0 Å². The van der Waals surface area contributed by atoms with Crippen molar-refractivity contribution in [1.82, 2.24) is 10.2 Å². The van der Waals surface area contributed by atoms with Crippen molar-refractivity contribution >= 4 is 23.7 Å². The molecule has 1 fully saturated rings. The van der Waals surface area contributed by atoms with E-state index in [0.29, 0.717) is 46.3 Å². The van der Waals surface area contributed by atoms with Crippen molar-refractivity contribution in [3.63, 3.8) is 0 Å². The van der Waals surface area contributed by atoms with Gasteiger partial charge in [0, 0.05) is 23.6 Å². The number of benzene rings is 2. The van der Waals surface area contributed by atoms with Crippen LogP contribution in [0.5, 0.6) is 5.75 Å². The molecule has 0 bridgehead atoms. The third-order valence-corrected chi connectivity index (χ3v) is 8.04. The van der Waals surface area contributed by atoms with Crippen LogP contribution in [0.15, 0.2) is 71.1 Å². The van der Waals surface area contributed by atoms with E-state index in [-0.39, 0.29) is 0 Å². The van der Waals surface area contributed by atoms with Gasteiger partial charge >= 0.3 is 18.0 Å². The Labute approximate surface area is 253 Å². The zero-order valence-corrected chi connectivity index (χ0v) is 25.5. The smallest absolute Gasteiger partial charge is 0.411 e. The maximum Gasteiger partial charge on any atom is 0.411 e. The summed E-state index contributed by atoms with van der Waals surface area (Å²) >= 11 is 0. The van der Waals surface area contributed by atoms with Crippen molar-refractivity contribution in [3.8, 4) is 5.75 Å². The van der Waals surface area contributed by atoms with Crippen LogP contribution in [0.1, 0.15) is 56.1 Å². The van der Waals surface area contributed by atoms with Crippen molar-refractivity contribution in [3.05, 3.63) is 82.2 Å². The molecule has 1 amide bonds. The van der Waals surface area contributed by atoms with Crippen LogP contribution in [-0.2, 0) is 23.8 Å². The van der Waals surface area contributed by atoms with E-state index < -0.39 is 23.9 Å². The van der Waals surface area contributed by atoms with E-state index in [4.69, 9.17) is 18.9 Å². The summed E-state index contributed by atoms with van der Waals surface area (Å²) in [6.07, 6.45) is 2.33. The molecule has 1 saturated heterocycles. The Morgan fingerprint density at radius 1 is 0.884 bits per heavy atom. The summed E-state index contributed by atoms with van der Waals surface area (Å²) in [5.74, 6) is -0.450. The van der Waals surface area contributed by atoms with Gasteiger partial charge in [-0.05, 0) is 87.5 Å². The van der Waals surface area contributed by atoms with Crippen LogP contribution in [0.3, 0.4) is 0 Å². The van der Waals surface area contributed by atoms with E-state index in [2.05, 4.69) is 27.7 Å². The molecule has 2 aromatic carbocycles. The summed E-state index contributed by atoms with van der Waals surface area (Å²) in [6.45, 7) is 6.64. The highest BCUT2D eigenvalue weighted by Crippen LogP contribution is 2.40. The number of rotatable bonds is 10. The summed E-state index contributed by atoms with van der Waals surface area (Å²) in [6, 6.07) is 15.3. The number of methoxy groups -OCH3 is 3. The van der Waals surface area contributed by atoms with Gasteiger partial charge in [0.05, 0.1) is 45.0 Å². The molecule has 0 saturated carbocycles. The quantitative estimate of drug-likeness (QED) is 0.221. The topological polar surface area (TPSA) is 115 Å². The second kappa shape index (κ2) is 14.7. The van der Waals surface area contributed by atoms with Crippen molar-refractivity contribution in [1.29, 1.82) is 0 Å². The fourth-order valence-corrected chi connectivity index (χ4v) is 5.88. The maximum atomic E-state index is 12.8. The lowest BCUT2D eigenvalue weighted by atomic mass is 9.80. The molecule has 2 heterocycles. The number of ether oxygens (including phenoxy) is 4. The lowest BCUT2D eigenvalue weighted by molar-refractivity contribution is -0.137. The number of nitrogens with one attached hydrogen (secondary N) is 2. The lowest BCUT2D eigenvalue weighted by Crippen LogP contribution is -2.34. The van der Waals surface area contributed by atoms with E-state index in [1.54, 1.807) is 45.2 Å². The highest BCUT2D eigenvalue weighted by Gasteiger charge is 2.37. The number of likely N-dealkylation sites (tertiary alicyclic amines) is 1. The number of carbonyl (C=O) groups is 3. The SMILES string of the molecule is COC(=O)C1=C(C)NC(C)=C(C(=O)OC)C1c1cccc(NC(=O)OCCCN2CCC(c3cccc(OC)c3)CC2)c1. The average Bonchev–Trinajstić information content (AvgIpc) is 3.02. The van der Waals surface area contributed by atoms with Crippen molar-refractivity contribution in [2.75, 3.05) is 52.9 Å². The molecule has 10 nitrogen and oxygen atoms in total. The number of esters is 2. The Kier molecular flexibility index (Phi) is 10.8. The molecule has 2 aliphatic heterocycles. The summed E-state index contributed by atoms with van der Waals surface area (Å²) in [5, 5.41) is 5.85. The average molecular weight is 592 g/mol. The van der Waals surface area contributed by atoms with Crippen molar-refractivity contribution < 1.29 is 33.3 Å². The number of allylic oxidation sites excluding steroid dienone is 2. The largest absolute Gasteiger partial charge is 0.497 e. The second-order valence-electron chi connectivity index (χ2n) is 10.8. The van der Waals surface area contributed by atoms with Crippen LogP contribution in [0, 0.1) is 0 Å². The first-order valence-corrected chi connectivity index (χ1v) is 14.5. The molecule has 10 heteroatoms. The molecule has 43 heavy (non-hydrogen) atoms. The van der Waals surface area contributed by atoms with Crippen molar-refractivity contribution in [2.24, 2.45) is 0 Å². The Balaban J connectivity index is 1.31. The standard InChI is InChI=1S/C33H41N3O7/c1-21-28(31(37)41-4)30(29(22(2)34-21)32(38)42-5)25-10-6-11-26(19-25)35-33(39)43-18-8-15-36-16-13-23(14-17-36)24-9-7-12-27(20-24)40-3/h6-7,9-12,19-20,23,30,34H,8,13-18H2,1-5H3,(H,35,39). The van der Waals surface area contributed by atoms with Crippen LogP contribution in [0.25, 0.3) is 0 Å². The Hall–Kier alpha value is -4.31. The molecule has 0 atom stereocenters. The van der Waals surface area contributed by atoms with E-state index >= 15 is 0 Å². The lowest BCUT2D eigenvalue weighted by Gasteiger charge is -2.32. The van der Waals surface area contributed by atoms with E-state index in [0.717, 1.165) is 44.6 Å². The second-order valence-corrected chi connectivity index (χ2v) is 10.8. The molecular weight excluding hydrogens is 550 g/mol. The Bertz CT molecular complexity index is 1350. The minimum atomic E-state index is -0.744. The number of dihydropyridines is 1. The van der Waals surface area contributed by atoms with Gasteiger partial charge in [-0.1, -0.05) is 24.3 Å². The number of hydrogen-bond donors (Lipinski definition) is 2. The van der Waals surface area contributed by atoms with Crippen LogP contribution < -0.4 is 15.4 Å². The predicted octanol–water partition coefficient (Wildman–Crippen LogP) is 5.09. The third-order valence-electron chi connectivity index (χ3n) is 8.04. The first kappa shape index (κ1) is 31.6. The molecule has 0 radical (unpaired) electrons. The molecule has 230 valence electrons. The van der Waals surface area contributed by atoms with Crippen molar-refractivity contribution in [2.45, 2.75) is 44.9 Å². The summed E-state index contributed by atoms with van der Waals surface area (Å²) in [7, 11) is 4.28. The fraction of sp³-hybridized carbons (Fsp3) is 0.424. The van der Waals surface area contributed by atoms with E-state index in [1.807, 2.05) is 12.1 Å². The highest BCUT2D eigenvalue weighted by atomic mass is 16.5. The van der Waals surface area contributed by atoms with E-state index in [1.165, 1.54) is 19.8 Å². The van der Waals surface area contributed by atoms with Gasteiger partial charge in [-0.3, -0.25) is 5.32 Å². The monoisotopic (exact) mass is 591 g/mol.